The molecule has 0 saturated carbocycles. The predicted molar refractivity (Wildman–Crippen MR) is 49.1 cm³/mol. The van der Waals surface area contributed by atoms with Gasteiger partial charge in [0.05, 0.1) is 0 Å². The minimum Gasteiger partial charge on any atom is -0.411 e. The summed E-state index contributed by atoms with van der Waals surface area (Å²) >= 11 is 0. The van der Waals surface area contributed by atoms with Gasteiger partial charge in [-0.1, -0.05) is 0 Å². The second kappa shape index (κ2) is 3.32. The third-order valence-electron chi connectivity index (χ3n) is 2.45. The summed E-state index contributed by atoms with van der Waals surface area (Å²) < 4.78 is 0. The Morgan fingerprint density at radius 3 is 3.15 bits per heavy atom. The van der Waals surface area contributed by atoms with Crippen LogP contribution in [0.4, 0.5) is 0 Å². The summed E-state index contributed by atoms with van der Waals surface area (Å²) in [6.45, 7) is 0. The first kappa shape index (κ1) is 8.47. The first-order valence-corrected chi connectivity index (χ1v) is 4.40. The number of fused-ring (bicyclic) bond motifs is 1. The van der Waals surface area contributed by atoms with Crippen molar-refractivity contribution in [3.63, 3.8) is 0 Å². The van der Waals surface area contributed by atoms with Gasteiger partial charge in [0.15, 0.2) is 5.75 Å². The van der Waals surface area contributed by atoms with E-state index >= 15 is 0 Å². The lowest BCUT2D eigenvalue weighted by atomic mass is 9.92. The Balaban J connectivity index is 2.41. The molecule has 4 N–H and O–H groups in total. The fourth-order valence-electron chi connectivity index (χ4n) is 1.75. The van der Waals surface area contributed by atoms with Crippen LogP contribution < -0.4 is 16.5 Å². The summed E-state index contributed by atoms with van der Waals surface area (Å²) in [5.74, 6) is 5.86. The molecule has 70 valence electrons. The number of aryl methyl sites for hydroxylation is 1. The second-order valence-electron chi connectivity index (χ2n) is 3.36. The minimum absolute atomic E-state index is 0.214. The molecule has 1 aliphatic rings. The van der Waals surface area contributed by atoms with Crippen molar-refractivity contribution in [1.29, 1.82) is 0 Å². The molecule has 0 radical (unpaired) electrons. The van der Waals surface area contributed by atoms with Crippen LogP contribution in [-0.2, 0) is 12.8 Å². The van der Waals surface area contributed by atoms with E-state index in [-0.39, 0.29) is 6.04 Å². The Kier molecular flexibility index (Phi) is 2.16. The highest BCUT2D eigenvalue weighted by Crippen LogP contribution is 2.26. The van der Waals surface area contributed by atoms with Crippen molar-refractivity contribution in [2.24, 2.45) is 11.6 Å². The molecule has 0 bridgehead atoms. The highest BCUT2D eigenvalue weighted by molar-refractivity contribution is 5.38. The Bertz CT molecular complexity index is 299. The second-order valence-corrected chi connectivity index (χ2v) is 3.36. The molecule has 1 unspecified atom stereocenters. The van der Waals surface area contributed by atoms with E-state index in [4.69, 9.17) is 16.5 Å². The maximum atomic E-state index is 5.85. The van der Waals surface area contributed by atoms with Crippen molar-refractivity contribution >= 4 is 0 Å². The molecule has 0 spiro atoms. The molecule has 1 aromatic heterocycles. The van der Waals surface area contributed by atoms with Crippen molar-refractivity contribution in [3.8, 4) is 5.75 Å². The van der Waals surface area contributed by atoms with Crippen LogP contribution >= 0.6 is 0 Å². The molecule has 0 aliphatic heterocycles. The topological polar surface area (TPSA) is 74.2 Å². The van der Waals surface area contributed by atoms with Crippen LogP contribution in [0.2, 0.25) is 0 Å². The first-order chi connectivity index (χ1) is 6.31. The van der Waals surface area contributed by atoms with Gasteiger partial charge in [-0.25, -0.2) is 0 Å². The lowest BCUT2D eigenvalue weighted by Crippen LogP contribution is -2.29. The van der Waals surface area contributed by atoms with E-state index in [1.807, 2.05) is 0 Å². The van der Waals surface area contributed by atoms with E-state index in [2.05, 4.69) is 4.98 Å². The Morgan fingerprint density at radius 2 is 2.38 bits per heavy atom. The van der Waals surface area contributed by atoms with Gasteiger partial charge in [-0.15, -0.1) is 0 Å². The first-order valence-electron chi connectivity index (χ1n) is 4.40. The lowest BCUT2D eigenvalue weighted by molar-refractivity contribution is 0.326. The minimum atomic E-state index is 0.214. The summed E-state index contributed by atoms with van der Waals surface area (Å²) in [7, 11) is 0. The molecular formula is C9H13N3O. The summed E-state index contributed by atoms with van der Waals surface area (Å²) in [4.78, 5) is 9.04. The van der Waals surface area contributed by atoms with Crippen molar-refractivity contribution in [1.82, 2.24) is 4.98 Å². The molecule has 1 aromatic rings. The van der Waals surface area contributed by atoms with Crippen LogP contribution in [0.5, 0.6) is 5.75 Å². The summed E-state index contributed by atoms with van der Waals surface area (Å²) in [5.41, 5.74) is 8.00. The summed E-state index contributed by atoms with van der Waals surface area (Å²) in [6, 6.07) is 1.99. The molecule has 0 fully saturated rings. The molecular weight excluding hydrogens is 166 g/mol. The molecule has 0 aromatic carbocycles. The smallest absolute Gasteiger partial charge is 0.153 e. The zero-order valence-corrected chi connectivity index (χ0v) is 7.36. The zero-order chi connectivity index (χ0) is 9.26. The monoisotopic (exact) mass is 179 g/mol. The molecule has 4 nitrogen and oxygen atoms in total. The van der Waals surface area contributed by atoms with Gasteiger partial charge >= 0.3 is 0 Å². The standard InChI is InChI=1S/C9H13N3O/c10-6-1-2-8-7(5-6)9(13-11)3-4-12-8/h3-4,6H,1-2,5,10-11H2. The van der Waals surface area contributed by atoms with Crippen LogP contribution in [0.3, 0.4) is 0 Å². The van der Waals surface area contributed by atoms with Crippen molar-refractivity contribution < 1.29 is 4.84 Å². The number of hydrogen-bond donors (Lipinski definition) is 2. The number of nitrogens with zero attached hydrogens (tertiary/aromatic N) is 1. The number of pyridine rings is 1. The van der Waals surface area contributed by atoms with Gasteiger partial charge in [-0.2, -0.15) is 5.90 Å². The molecule has 1 atom stereocenters. The number of nitrogens with two attached hydrogens (primary N) is 2. The quantitative estimate of drug-likeness (QED) is 0.602. The van der Waals surface area contributed by atoms with Gasteiger partial charge in [-0.05, 0) is 19.3 Å². The predicted octanol–water partition coefficient (Wildman–Crippen LogP) is 0.150. The van der Waals surface area contributed by atoms with E-state index in [1.54, 1.807) is 12.3 Å². The molecule has 13 heavy (non-hydrogen) atoms. The van der Waals surface area contributed by atoms with Gasteiger partial charge in [0.25, 0.3) is 0 Å². The van der Waals surface area contributed by atoms with Crippen molar-refractivity contribution in [3.05, 3.63) is 23.5 Å². The molecule has 1 aliphatic carbocycles. The zero-order valence-electron chi connectivity index (χ0n) is 7.36. The third-order valence-corrected chi connectivity index (χ3v) is 2.45. The van der Waals surface area contributed by atoms with E-state index in [9.17, 15) is 0 Å². The van der Waals surface area contributed by atoms with E-state index in [0.717, 1.165) is 30.5 Å². The van der Waals surface area contributed by atoms with Gasteiger partial charge < -0.3 is 10.6 Å². The fraction of sp³-hybridized carbons (Fsp3) is 0.444. The molecule has 2 rings (SSSR count). The van der Waals surface area contributed by atoms with Gasteiger partial charge in [0.2, 0.25) is 0 Å². The Morgan fingerprint density at radius 1 is 1.54 bits per heavy atom. The van der Waals surface area contributed by atoms with E-state index in [1.165, 1.54) is 0 Å². The highest BCUT2D eigenvalue weighted by atomic mass is 16.6. The van der Waals surface area contributed by atoms with Crippen LogP contribution in [0.15, 0.2) is 12.3 Å². The van der Waals surface area contributed by atoms with Crippen molar-refractivity contribution in [2.75, 3.05) is 0 Å². The normalized spacial score (nSPS) is 20.9. The third kappa shape index (κ3) is 1.50. The number of rotatable bonds is 1. The Labute approximate surface area is 76.9 Å². The van der Waals surface area contributed by atoms with Gasteiger partial charge in [-0.3, -0.25) is 4.98 Å². The molecule has 0 amide bonds. The van der Waals surface area contributed by atoms with Crippen LogP contribution in [-0.4, -0.2) is 11.0 Å². The van der Waals surface area contributed by atoms with E-state index < -0.39 is 0 Å². The summed E-state index contributed by atoms with van der Waals surface area (Å²) in [5, 5.41) is 0. The maximum absolute atomic E-state index is 5.85. The van der Waals surface area contributed by atoms with Crippen LogP contribution in [0.1, 0.15) is 17.7 Å². The lowest BCUT2D eigenvalue weighted by Gasteiger charge is -2.21. The van der Waals surface area contributed by atoms with Crippen LogP contribution in [0, 0.1) is 0 Å². The van der Waals surface area contributed by atoms with Gasteiger partial charge in [0, 0.05) is 29.6 Å². The molecule has 0 saturated heterocycles. The fourth-order valence-corrected chi connectivity index (χ4v) is 1.75. The van der Waals surface area contributed by atoms with Crippen molar-refractivity contribution in [2.45, 2.75) is 25.3 Å². The van der Waals surface area contributed by atoms with Gasteiger partial charge in [0.1, 0.15) is 0 Å². The molecule has 4 heteroatoms. The average Bonchev–Trinajstić information content (AvgIpc) is 2.17. The largest absolute Gasteiger partial charge is 0.411 e. The number of hydrogen-bond acceptors (Lipinski definition) is 4. The average molecular weight is 179 g/mol. The Hall–Kier alpha value is -1.13. The van der Waals surface area contributed by atoms with E-state index in [0.29, 0.717) is 5.75 Å². The maximum Gasteiger partial charge on any atom is 0.153 e. The van der Waals surface area contributed by atoms with Crippen LogP contribution in [0.25, 0.3) is 0 Å². The molecule has 1 heterocycles. The summed E-state index contributed by atoms with van der Waals surface area (Å²) in [6.07, 6.45) is 4.45. The highest BCUT2D eigenvalue weighted by Gasteiger charge is 2.19. The SMILES string of the molecule is NOc1ccnc2c1CC(N)CC2. The number of aromatic nitrogens is 1.